The number of rotatable bonds is 3. The Balaban J connectivity index is 1.90. The second-order valence-electron chi connectivity index (χ2n) is 3.88. The molecule has 96 valence electrons. The highest BCUT2D eigenvalue weighted by atomic mass is 79.9. The van der Waals surface area contributed by atoms with E-state index in [4.69, 9.17) is 9.84 Å². The van der Waals surface area contributed by atoms with Crippen molar-refractivity contribution < 1.29 is 9.84 Å². The quantitative estimate of drug-likeness (QED) is 0.791. The summed E-state index contributed by atoms with van der Waals surface area (Å²) in [7, 11) is 0. The molecule has 6 heteroatoms. The first-order chi connectivity index (χ1) is 9.24. The number of halogens is 1. The van der Waals surface area contributed by atoms with E-state index < -0.39 is 0 Å². The molecule has 0 saturated carbocycles. The van der Waals surface area contributed by atoms with Gasteiger partial charge in [0.25, 0.3) is 5.19 Å². The average molecular weight is 337 g/mol. The highest BCUT2D eigenvalue weighted by Gasteiger charge is 2.06. The normalized spacial score (nSPS) is 10.8. The molecule has 3 aromatic rings. The molecule has 1 aromatic heterocycles. The van der Waals surface area contributed by atoms with Crippen molar-refractivity contribution in [2.24, 2.45) is 0 Å². The van der Waals surface area contributed by atoms with Crippen molar-refractivity contribution in [1.82, 2.24) is 10.2 Å². The molecule has 0 spiro atoms. The third-order valence-corrected chi connectivity index (χ3v) is 3.84. The summed E-state index contributed by atoms with van der Waals surface area (Å²) in [6.07, 6.45) is 0. The van der Waals surface area contributed by atoms with Crippen molar-refractivity contribution >= 4 is 38.0 Å². The minimum atomic E-state index is -0.118. The minimum absolute atomic E-state index is 0.118. The predicted octanol–water partition coefficient (Wildman–Crippen LogP) is 3.74. The van der Waals surface area contributed by atoms with Gasteiger partial charge in [-0.1, -0.05) is 44.5 Å². The summed E-state index contributed by atoms with van der Waals surface area (Å²) >= 11 is 4.68. The van der Waals surface area contributed by atoms with Crippen LogP contribution in [0.15, 0.2) is 40.9 Å². The SMILES string of the molecule is OCc1nnc(Oc2ccc3cc(Br)ccc3c2)s1. The third-order valence-electron chi connectivity index (χ3n) is 2.56. The number of hydrogen-bond donors (Lipinski definition) is 1. The van der Waals surface area contributed by atoms with Crippen molar-refractivity contribution in [1.29, 1.82) is 0 Å². The van der Waals surface area contributed by atoms with Crippen molar-refractivity contribution in [2.75, 3.05) is 0 Å². The molecule has 4 nitrogen and oxygen atoms in total. The lowest BCUT2D eigenvalue weighted by Crippen LogP contribution is -1.84. The maximum Gasteiger partial charge on any atom is 0.299 e. The van der Waals surface area contributed by atoms with Crippen LogP contribution in [0.2, 0.25) is 0 Å². The van der Waals surface area contributed by atoms with Gasteiger partial charge in [0.1, 0.15) is 10.8 Å². The van der Waals surface area contributed by atoms with Gasteiger partial charge in [-0.3, -0.25) is 0 Å². The zero-order valence-corrected chi connectivity index (χ0v) is 12.1. The fourth-order valence-corrected chi connectivity index (χ4v) is 2.65. The van der Waals surface area contributed by atoms with Crippen LogP contribution < -0.4 is 4.74 Å². The van der Waals surface area contributed by atoms with E-state index in [2.05, 4.69) is 26.1 Å². The molecule has 1 heterocycles. The Morgan fingerprint density at radius 2 is 1.89 bits per heavy atom. The van der Waals surface area contributed by atoms with Crippen LogP contribution in [0.1, 0.15) is 5.01 Å². The maximum atomic E-state index is 8.93. The van der Waals surface area contributed by atoms with Gasteiger partial charge >= 0.3 is 0 Å². The highest BCUT2D eigenvalue weighted by Crippen LogP contribution is 2.28. The first kappa shape index (κ1) is 12.5. The van der Waals surface area contributed by atoms with Gasteiger partial charge in [-0.25, -0.2) is 0 Å². The smallest absolute Gasteiger partial charge is 0.299 e. The standard InChI is InChI=1S/C13H9BrN2O2S/c14-10-3-1-9-6-11(4-2-8(9)5-10)18-13-16-15-12(7-17)19-13/h1-6,17H,7H2. The molecule has 0 atom stereocenters. The number of ether oxygens (including phenoxy) is 1. The summed E-state index contributed by atoms with van der Waals surface area (Å²) in [5, 5.41) is 19.8. The van der Waals surface area contributed by atoms with Gasteiger partial charge in [0.05, 0.1) is 6.61 Å². The molecule has 19 heavy (non-hydrogen) atoms. The van der Waals surface area contributed by atoms with Gasteiger partial charge in [0.2, 0.25) is 0 Å². The Morgan fingerprint density at radius 3 is 2.68 bits per heavy atom. The number of aliphatic hydroxyl groups is 1. The molecule has 0 bridgehead atoms. The Bertz CT molecular complexity index is 729. The van der Waals surface area contributed by atoms with E-state index in [0.717, 1.165) is 15.2 Å². The summed E-state index contributed by atoms with van der Waals surface area (Å²) in [5.41, 5.74) is 0. The predicted molar refractivity (Wildman–Crippen MR) is 77.6 cm³/mol. The number of hydrogen-bond acceptors (Lipinski definition) is 5. The maximum absolute atomic E-state index is 8.93. The average Bonchev–Trinajstić information content (AvgIpc) is 2.86. The van der Waals surface area contributed by atoms with Crippen LogP contribution in [-0.4, -0.2) is 15.3 Å². The Hall–Kier alpha value is -1.50. The van der Waals surface area contributed by atoms with Gasteiger partial charge in [-0.15, -0.1) is 5.10 Å². The molecule has 3 rings (SSSR count). The van der Waals surface area contributed by atoms with Gasteiger partial charge < -0.3 is 9.84 Å². The van der Waals surface area contributed by atoms with Crippen LogP contribution in [0, 0.1) is 0 Å². The molecule has 0 aliphatic carbocycles. The van der Waals surface area contributed by atoms with Crippen LogP contribution in [0.3, 0.4) is 0 Å². The molecule has 0 aliphatic heterocycles. The fourth-order valence-electron chi connectivity index (χ4n) is 1.70. The minimum Gasteiger partial charge on any atom is -0.430 e. The summed E-state index contributed by atoms with van der Waals surface area (Å²) in [6, 6.07) is 11.9. The lowest BCUT2D eigenvalue weighted by molar-refractivity contribution is 0.280. The van der Waals surface area contributed by atoms with Crippen LogP contribution >= 0.6 is 27.3 Å². The van der Waals surface area contributed by atoms with Crippen molar-refractivity contribution in [2.45, 2.75) is 6.61 Å². The summed E-state index contributed by atoms with van der Waals surface area (Å²) in [6.45, 7) is -0.118. The molecule has 0 saturated heterocycles. The summed E-state index contributed by atoms with van der Waals surface area (Å²) in [4.78, 5) is 0. The third kappa shape index (κ3) is 2.75. The zero-order valence-electron chi connectivity index (χ0n) is 9.71. The van der Waals surface area contributed by atoms with E-state index >= 15 is 0 Å². The lowest BCUT2D eigenvalue weighted by Gasteiger charge is -2.03. The van der Waals surface area contributed by atoms with E-state index in [1.165, 1.54) is 11.3 Å². The number of aliphatic hydroxyl groups excluding tert-OH is 1. The molecule has 1 N–H and O–H groups in total. The Kier molecular flexibility index (Phi) is 3.46. The second kappa shape index (κ2) is 5.24. The van der Waals surface area contributed by atoms with Crippen LogP contribution in [0.25, 0.3) is 10.8 Å². The van der Waals surface area contributed by atoms with E-state index in [1.807, 2.05) is 36.4 Å². The van der Waals surface area contributed by atoms with Gasteiger partial charge in [0.15, 0.2) is 0 Å². The van der Waals surface area contributed by atoms with E-state index in [9.17, 15) is 0 Å². The highest BCUT2D eigenvalue weighted by molar-refractivity contribution is 9.10. The second-order valence-corrected chi connectivity index (χ2v) is 5.82. The van der Waals surface area contributed by atoms with Crippen LogP contribution in [0.5, 0.6) is 10.9 Å². The van der Waals surface area contributed by atoms with Crippen molar-refractivity contribution in [3.8, 4) is 10.9 Å². The largest absolute Gasteiger partial charge is 0.430 e. The first-order valence-corrected chi connectivity index (χ1v) is 7.16. The molecular formula is C13H9BrN2O2S. The molecule has 0 aliphatic rings. The number of fused-ring (bicyclic) bond motifs is 1. The van der Waals surface area contributed by atoms with E-state index in [0.29, 0.717) is 16.0 Å². The molecule has 2 aromatic carbocycles. The lowest BCUT2D eigenvalue weighted by atomic mass is 10.1. The number of aromatic nitrogens is 2. The van der Waals surface area contributed by atoms with E-state index in [1.54, 1.807) is 0 Å². The van der Waals surface area contributed by atoms with Crippen molar-refractivity contribution in [3.63, 3.8) is 0 Å². The molecule has 0 radical (unpaired) electrons. The first-order valence-electron chi connectivity index (χ1n) is 5.55. The van der Waals surface area contributed by atoms with E-state index in [-0.39, 0.29) is 6.61 Å². The summed E-state index contributed by atoms with van der Waals surface area (Å²) < 4.78 is 6.67. The fraction of sp³-hybridized carbons (Fsp3) is 0.0769. The van der Waals surface area contributed by atoms with Gasteiger partial charge in [-0.05, 0) is 35.0 Å². The molecule has 0 fully saturated rings. The Labute approximate surface area is 121 Å². The van der Waals surface area contributed by atoms with Crippen molar-refractivity contribution in [3.05, 3.63) is 45.9 Å². The van der Waals surface area contributed by atoms with Gasteiger partial charge in [-0.2, -0.15) is 0 Å². The topological polar surface area (TPSA) is 55.2 Å². The number of nitrogens with zero attached hydrogens (tertiary/aromatic N) is 2. The number of benzene rings is 2. The van der Waals surface area contributed by atoms with Gasteiger partial charge in [0, 0.05) is 4.47 Å². The molecular weight excluding hydrogens is 328 g/mol. The van der Waals surface area contributed by atoms with Crippen LogP contribution in [-0.2, 0) is 6.61 Å². The monoisotopic (exact) mass is 336 g/mol. The molecule has 0 amide bonds. The van der Waals surface area contributed by atoms with Crippen LogP contribution in [0.4, 0.5) is 0 Å². The Morgan fingerprint density at radius 1 is 1.11 bits per heavy atom. The summed E-state index contributed by atoms with van der Waals surface area (Å²) in [5.74, 6) is 0.704. The zero-order chi connectivity index (χ0) is 13.2. The molecule has 0 unspecified atom stereocenters.